The number of nitrogens with one attached hydrogen (secondary N) is 1. The molecular formula is C15H12N6OS. The molecule has 7 nitrogen and oxygen atoms in total. The van der Waals surface area contributed by atoms with Crippen LogP contribution in [0.15, 0.2) is 52.5 Å². The van der Waals surface area contributed by atoms with Crippen molar-refractivity contribution >= 4 is 22.9 Å². The van der Waals surface area contributed by atoms with Crippen LogP contribution in [0.4, 0.5) is 0 Å². The molecule has 0 radical (unpaired) electrons. The van der Waals surface area contributed by atoms with Crippen molar-refractivity contribution in [2.24, 2.45) is 0 Å². The van der Waals surface area contributed by atoms with Crippen LogP contribution >= 0.6 is 11.8 Å². The molecule has 0 saturated carbocycles. The summed E-state index contributed by atoms with van der Waals surface area (Å²) in [4.78, 5) is 20.1. The second-order valence-corrected chi connectivity index (χ2v) is 6.19. The third kappa shape index (κ3) is 2.68. The van der Waals surface area contributed by atoms with Gasteiger partial charge in [-0.1, -0.05) is 35.1 Å². The van der Waals surface area contributed by atoms with Gasteiger partial charge < -0.3 is 9.51 Å². The number of aromatic nitrogens is 6. The Morgan fingerprint density at radius 1 is 1.13 bits per heavy atom. The third-order valence-corrected chi connectivity index (χ3v) is 4.40. The summed E-state index contributed by atoms with van der Waals surface area (Å²) in [6.07, 6.45) is 3.11. The van der Waals surface area contributed by atoms with Gasteiger partial charge in [-0.2, -0.15) is 4.98 Å². The first-order valence-corrected chi connectivity index (χ1v) is 7.89. The van der Waals surface area contributed by atoms with Crippen LogP contribution in [0.5, 0.6) is 0 Å². The number of imidazole rings is 1. The van der Waals surface area contributed by atoms with Crippen LogP contribution < -0.4 is 0 Å². The smallest absolute Gasteiger partial charge is 0.257 e. The van der Waals surface area contributed by atoms with Gasteiger partial charge in [-0.3, -0.25) is 0 Å². The van der Waals surface area contributed by atoms with Gasteiger partial charge in [0.05, 0.1) is 11.6 Å². The number of fused-ring (bicyclic) bond motifs is 1. The van der Waals surface area contributed by atoms with E-state index >= 15 is 0 Å². The van der Waals surface area contributed by atoms with Crippen molar-refractivity contribution in [1.29, 1.82) is 0 Å². The molecule has 0 spiro atoms. The first-order valence-electron chi connectivity index (χ1n) is 7.01. The van der Waals surface area contributed by atoms with E-state index in [0.29, 0.717) is 17.4 Å². The van der Waals surface area contributed by atoms with Crippen LogP contribution in [0.25, 0.3) is 22.6 Å². The zero-order chi connectivity index (χ0) is 15.6. The lowest BCUT2D eigenvalue weighted by Gasteiger charge is -2.05. The van der Waals surface area contributed by atoms with Crippen LogP contribution in [-0.4, -0.2) is 30.1 Å². The second kappa shape index (κ2) is 5.81. The van der Waals surface area contributed by atoms with Crippen molar-refractivity contribution < 1.29 is 4.52 Å². The van der Waals surface area contributed by atoms with Crippen molar-refractivity contribution in [2.75, 3.05) is 0 Å². The van der Waals surface area contributed by atoms with E-state index in [9.17, 15) is 0 Å². The number of H-pyrrole nitrogens is 1. The standard InChI is InChI=1S/C15H12N6OS/c1-9(23-15-11-13(17-7-16-11)18-8-19-15)12-20-14(22-21-12)10-5-3-2-4-6-10/h2-9H,1H3,(H,16,17,18,19)/t9-/m1/s1. The molecule has 0 aliphatic heterocycles. The number of nitrogens with zero attached hydrogens (tertiary/aromatic N) is 5. The molecule has 23 heavy (non-hydrogen) atoms. The Hall–Kier alpha value is -2.74. The van der Waals surface area contributed by atoms with Crippen molar-refractivity contribution in [3.05, 3.63) is 48.8 Å². The van der Waals surface area contributed by atoms with Gasteiger partial charge in [-0.15, -0.1) is 0 Å². The molecule has 1 N–H and O–H groups in total. The zero-order valence-electron chi connectivity index (χ0n) is 12.2. The van der Waals surface area contributed by atoms with Crippen LogP contribution in [0.1, 0.15) is 18.0 Å². The van der Waals surface area contributed by atoms with Gasteiger partial charge in [-0.05, 0) is 19.1 Å². The Morgan fingerprint density at radius 2 is 2.00 bits per heavy atom. The number of aromatic amines is 1. The van der Waals surface area contributed by atoms with Crippen LogP contribution in [0.2, 0.25) is 0 Å². The third-order valence-electron chi connectivity index (χ3n) is 3.30. The lowest BCUT2D eigenvalue weighted by Crippen LogP contribution is -1.94. The Labute approximate surface area is 135 Å². The van der Waals surface area contributed by atoms with Crippen LogP contribution in [-0.2, 0) is 0 Å². The summed E-state index contributed by atoms with van der Waals surface area (Å²) in [5.41, 5.74) is 2.37. The molecule has 0 aliphatic rings. The highest BCUT2D eigenvalue weighted by Gasteiger charge is 2.18. The molecule has 0 unspecified atom stereocenters. The number of thioether (sulfide) groups is 1. The molecular weight excluding hydrogens is 312 g/mol. The fourth-order valence-electron chi connectivity index (χ4n) is 2.15. The average Bonchev–Trinajstić information content (AvgIpc) is 3.25. The van der Waals surface area contributed by atoms with E-state index in [2.05, 4.69) is 30.1 Å². The van der Waals surface area contributed by atoms with Crippen molar-refractivity contribution in [2.45, 2.75) is 17.2 Å². The van der Waals surface area contributed by atoms with Gasteiger partial charge in [0, 0.05) is 5.56 Å². The van der Waals surface area contributed by atoms with Gasteiger partial charge in [-0.25, -0.2) is 15.0 Å². The molecule has 0 bridgehead atoms. The largest absolute Gasteiger partial charge is 0.341 e. The monoisotopic (exact) mass is 324 g/mol. The molecule has 0 saturated heterocycles. The molecule has 3 heterocycles. The van der Waals surface area contributed by atoms with Crippen LogP contribution in [0.3, 0.4) is 0 Å². The maximum atomic E-state index is 5.35. The molecule has 1 aromatic carbocycles. The Balaban J connectivity index is 1.59. The number of rotatable bonds is 4. The Morgan fingerprint density at radius 3 is 2.87 bits per heavy atom. The quantitative estimate of drug-likeness (QED) is 0.455. The maximum absolute atomic E-state index is 5.35. The fourth-order valence-corrected chi connectivity index (χ4v) is 3.06. The minimum absolute atomic E-state index is 0.0161. The average molecular weight is 324 g/mol. The molecule has 0 aliphatic carbocycles. The lowest BCUT2D eigenvalue weighted by atomic mass is 10.2. The van der Waals surface area contributed by atoms with E-state index in [0.717, 1.165) is 16.1 Å². The molecule has 114 valence electrons. The highest BCUT2D eigenvalue weighted by Crippen LogP contribution is 2.35. The van der Waals surface area contributed by atoms with Gasteiger partial charge in [0.25, 0.3) is 5.89 Å². The summed E-state index contributed by atoms with van der Waals surface area (Å²) in [6.45, 7) is 2.01. The molecule has 4 aromatic rings. The van der Waals surface area contributed by atoms with E-state index < -0.39 is 0 Å². The zero-order valence-corrected chi connectivity index (χ0v) is 13.0. The molecule has 4 rings (SSSR count). The number of hydrogen-bond acceptors (Lipinski definition) is 7. The minimum Gasteiger partial charge on any atom is -0.341 e. The second-order valence-electron chi connectivity index (χ2n) is 4.86. The molecule has 0 amide bonds. The first-order chi connectivity index (χ1) is 11.3. The minimum atomic E-state index is -0.0161. The van der Waals surface area contributed by atoms with E-state index in [1.165, 1.54) is 18.1 Å². The van der Waals surface area contributed by atoms with E-state index in [1.54, 1.807) is 6.33 Å². The summed E-state index contributed by atoms with van der Waals surface area (Å²) in [7, 11) is 0. The highest BCUT2D eigenvalue weighted by molar-refractivity contribution is 7.99. The normalized spacial score (nSPS) is 12.6. The summed E-state index contributed by atoms with van der Waals surface area (Å²) >= 11 is 1.53. The predicted molar refractivity (Wildman–Crippen MR) is 85.7 cm³/mol. The SMILES string of the molecule is C[C@@H](Sc1ncnc2nc[nH]c12)c1noc(-c2ccccc2)n1. The van der Waals surface area contributed by atoms with Crippen molar-refractivity contribution in [3.63, 3.8) is 0 Å². The lowest BCUT2D eigenvalue weighted by molar-refractivity contribution is 0.423. The van der Waals surface area contributed by atoms with Crippen LogP contribution in [0, 0.1) is 0 Å². The number of benzene rings is 1. The van der Waals surface area contributed by atoms with Gasteiger partial charge >= 0.3 is 0 Å². The maximum Gasteiger partial charge on any atom is 0.257 e. The van der Waals surface area contributed by atoms with Gasteiger partial charge in [0.1, 0.15) is 16.9 Å². The highest BCUT2D eigenvalue weighted by atomic mass is 32.2. The molecule has 1 atom stereocenters. The van der Waals surface area contributed by atoms with Crippen molar-refractivity contribution in [1.82, 2.24) is 30.1 Å². The topological polar surface area (TPSA) is 93.4 Å². The summed E-state index contributed by atoms with van der Waals surface area (Å²) in [5.74, 6) is 1.14. The van der Waals surface area contributed by atoms with Gasteiger partial charge in [0.2, 0.25) is 0 Å². The van der Waals surface area contributed by atoms with E-state index in [-0.39, 0.29) is 5.25 Å². The summed E-state index contributed by atoms with van der Waals surface area (Å²) < 4.78 is 5.35. The first kappa shape index (κ1) is 13.9. The Bertz CT molecular complexity index is 935. The van der Waals surface area contributed by atoms with Gasteiger partial charge in [0.15, 0.2) is 11.5 Å². The number of hydrogen-bond donors (Lipinski definition) is 1. The summed E-state index contributed by atoms with van der Waals surface area (Å²) in [6, 6.07) is 9.70. The van der Waals surface area contributed by atoms with Crippen molar-refractivity contribution in [3.8, 4) is 11.5 Å². The van der Waals surface area contributed by atoms with E-state index in [4.69, 9.17) is 4.52 Å². The fraction of sp³-hybridized carbons (Fsp3) is 0.133. The van der Waals surface area contributed by atoms with E-state index in [1.807, 2.05) is 37.3 Å². The Kier molecular flexibility index (Phi) is 3.51. The summed E-state index contributed by atoms with van der Waals surface area (Å²) in [5, 5.41) is 4.88. The molecule has 3 aromatic heterocycles. The molecule has 8 heteroatoms. The molecule has 0 fully saturated rings. The predicted octanol–water partition coefficient (Wildman–Crippen LogP) is 3.26.